The first-order chi connectivity index (χ1) is 8.63. The fourth-order valence-corrected chi connectivity index (χ4v) is 3.63. The lowest BCUT2D eigenvalue weighted by molar-refractivity contribution is 0.602. The van der Waals surface area contributed by atoms with Crippen LogP contribution in [-0.2, 0) is 19.2 Å². The first-order valence-corrected chi connectivity index (χ1v) is 7.49. The lowest BCUT2D eigenvalue weighted by atomic mass is 10.3. The molecule has 1 aromatic heterocycles. The minimum absolute atomic E-state index is 0.170. The summed E-state index contributed by atoms with van der Waals surface area (Å²) >= 11 is 5.05. The SMILES string of the molecule is CCc1nn(C)c(CSc2ccccc2F)c1Br. The molecule has 18 heavy (non-hydrogen) atoms. The maximum atomic E-state index is 13.5. The average molecular weight is 329 g/mol. The van der Waals surface area contributed by atoms with Gasteiger partial charge in [-0.3, -0.25) is 4.68 Å². The van der Waals surface area contributed by atoms with Gasteiger partial charge in [-0.2, -0.15) is 5.10 Å². The highest BCUT2D eigenvalue weighted by Crippen LogP contribution is 2.30. The Kier molecular flexibility index (Phi) is 4.45. The van der Waals surface area contributed by atoms with E-state index in [2.05, 4.69) is 28.0 Å². The topological polar surface area (TPSA) is 17.8 Å². The van der Waals surface area contributed by atoms with E-state index < -0.39 is 0 Å². The van der Waals surface area contributed by atoms with Gasteiger partial charge < -0.3 is 0 Å². The lowest BCUT2D eigenvalue weighted by Gasteiger charge is -2.04. The Morgan fingerprint density at radius 3 is 2.72 bits per heavy atom. The van der Waals surface area contributed by atoms with Crippen LogP contribution >= 0.6 is 27.7 Å². The Morgan fingerprint density at radius 2 is 2.11 bits per heavy atom. The Bertz CT molecular complexity index is 554. The first kappa shape index (κ1) is 13.6. The number of nitrogens with zero attached hydrogens (tertiary/aromatic N) is 2. The largest absolute Gasteiger partial charge is 0.270 e. The molecular formula is C13H14BrFN2S. The number of aryl methyl sites for hydroxylation is 2. The van der Waals surface area contributed by atoms with Crippen LogP contribution < -0.4 is 0 Å². The molecule has 2 rings (SSSR count). The number of thioether (sulfide) groups is 1. The zero-order chi connectivity index (χ0) is 13.1. The normalized spacial score (nSPS) is 10.9. The quantitative estimate of drug-likeness (QED) is 0.783. The Balaban J connectivity index is 2.16. The van der Waals surface area contributed by atoms with Gasteiger partial charge in [0.15, 0.2) is 0 Å². The monoisotopic (exact) mass is 328 g/mol. The Hall–Kier alpha value is -0.810. The zero-order valence-electron chi connectivity index (χ0n) is 10.3. The summed E-state index contributed by atoms with van der Waals surface area (Å²) in [6, 6.07) is 6.83. The van der Waals surface area contributed by atoms with Gasteiger partial charge in [0.1, 0.15) is 5.82 Å². The van der Waals surface area contributed by atoms with E-state index in [1.54, 1.807) is 12.1 Å². The Morgan fingerprint density at radius 1 is 1.39 bits per heavy atom. The zero-order valence-corrected chi connectivity index (χ0v) is 12.7. The van der Waals surface area contributed by atoms with Crippen LogP contribution in [0.2, 0.25) is 0 Å². The van der Waals surface area contributed by atoms with Gasteiger partial charge in [0.2, 0.25) is 0 Å². The summed E-state index contributed by atoms with van der Waals surface area (Å²) in [7, 11) is 1.92. The molecule has 0 bridgehead atoms. The van der Waals surface area contributed by atoms with E-state index in [1.807, 2.05) is 17.8 Å². The van der Waals surface area contributed by atoms with Crippen molar-refractivity contribution in [2.75, 3.05) is 0 Å². The molecule has 2 nitrogen and oxygen atoms in total. The molecule has 2 aromatic rings. The van der Waals surface area contributed by atoms with E-state index in [0.29, 0.717) is 10.6 Å². The predicted molar refractivity (Wildman–Crippen MR) is 76.2 cm³/mol. The third-order valence-electron chi connectivity index (χ3n) is 2.70. The molecule has 1 aromatic carbocycles. The van der Waals surface area contributed by atoms with E-state index >= 15 is 0 Å². The third kappa shape index (κ3) is 2.78. The molecule has 0 atom stereocenters. The van der Waals surface area contributed by atoms with Gasteiger partial charge in [0.25, 0.3) is 0 Å². The predicted octanol–water partition coefficient (Wildman–Crippen LogP) is 4.18. The standard InChI is InChI=1S/C13H14BrFN2S/c1-3-10-13(14)11(17(2)16-10)8-18-12-7-5-4-6-9(12)15/h4-7H,3,8H2,1-2H3. The van der Waals surface area contributed by atoms with Crippen LogP contribution in [0.25, 0.3) is 0 Å². The van der Waals surface area contributed by atoms with Gasteiger partial charge in [-0.15, -0.1) is 11.8 Å². The fraction of sp³-hybridized carbons (Fsp3) is 0.308. The van der Waals surface area contributed by atoms with Crippen molar-refractivity contribution >= 4 is 27.7 Å². The average Bonchev–Trinajstić information content (AvgIpc) is 2.64. The molecule has 0 fully saturated rings. The second-order valence-electron chi connectivity index (χ2n) is 3.90. The van der Waals surface area contributed by atoms with Gasteiger partial charge in [-0.25, -0.2) is 4.39 Å². The minimum Gasteiger partial charge on any atom is -0.270 e. The number of aromatic nitrogens is 2. The number of hydrogen-bond acceptors (Lipinski definition) is 2. The molecule has 0 aliphatic carbocycles. The van der Waals surface area contributed by atoms with E-state index in [4.69, 9.17) is 0 Å². The molecule has 0 aliphatic heterocycles. The molecule has 0 N–H and O–H groups in total. The van der Waals surface area contributed by atoms with E-state index in [0.717, 1.165) is 22.3 Å². The molecule has 0 amide bonds. The molecule has 0 unspecified atom stereocenters. The Labute approximate surface area is 119 Å². The third-order valence-corrected chi connectivity index (χ3v) is 4.68. The smallest absolute Gasteiger partial charge is 0.136 e. The molecule has 0 saturated carbocycles. The van der Waals surface area contributed by atoms with Gasteiger partial charge in [0.05, 0.1) is 15.9 Å². The molecule has 0 radical (unpaired) electrons. The first-order valence-electron chi connectivity index (χ1n) is 5.71. The van der Waals surface area contributed by atoms with Crippen LogP contribution in [0.4, 0.5) is 4.39 Å². The molecule has 0 saturated heterocycles. The lowest BCUT2D eigenvalue weighted by Crippen LogP contribution is -1.97. The summed E-state index contributed by atoms with van der Waals surface area (Å²) in [5, 5.41) is 4.43. The number of hydrogen-bond donors (Lipinski definition) is 0. The van der Waals surface area contributed by atoms with Crippen LogP contribution in [-0.4, -0.2) is 9.78 Å². The van der Waals surface area contributed by atoms with Crippen molar-refractivity contribution in [1.29, 1.82) is 0 Å². The van der Waals surface area contributed by atoms with Crippen molar-refractivity contribution < 1.29 is 4.39 Å². The summed E-state index contributed by atoms with van der Waals surface area (Å²) in [6.07, 6.45) is 0.888. The van der Waals surface area contributed by atoms with Gasteiger partial charge in [0, 0.05) is 17.7 Å². The highest BCUT2D eigenvalue weighted by atomic mass is 79.9. The van der Waals surface area contributed by atoms with Crippen molar-refractivity contribution in [3.8, 4) is 0 Å². The fourth-order valence-electron chi connectivity index (χ4n) is 1.68. The van der Waals surface area contributed by atoms with Crippen molar-refractivity contribution in [1.82, 2.24) is 9.78 Å². The van der Waals surface area contributed by atoms with E-state index in [9.17, 15) is 4.39 Å². The van der Waals surface area contributed by atoms with E-state index in [1.165, 1.54) is 17.8 Å². The number of rotatable bonds is 4. The maximum absolute atomic E-state index is 13.5. The summed E-state index contributed by atoms with van der Waals surface area (Å²) in [4.78, 5) is 0.670. The number of benzene rings is 1. The summed E-state index contributed by atoms with van der Waals surface area (Å²) in [5.41, 5.74) is 2.13. The molecule has 0 aliphatic rings. The van der Waals surface area contributed by atoms with Crippen LogP contribution in [0.5, 0.6) is 0 Å². The highest BCUT2D eigenvalue weighted by molar-refractivity contribution is 9.10. The van der Waals surface area contributed by atoms with Gasteiger partial charge >= 0.3 is 0 Å². The highest BCUT2D eigenvalue weighted by Gasteiger charge is 2.13. The number of halogens is 2. The van der Waals surface area contributed by atoms with Crippen LogP contribution in [0, 0.1) is 5.82 Å². The van der Waals surface area contributed by atoms with E-state index in [-0.39, 0.29) is 5.82 Å². The molecule has 1 heterocycles. The van der Waals surface area contributed by atoms with Crippen LogP contribution in [0.15, 0.2) is 33.6 Å². The minimum atomic E-state index is -0.170. The van der Waals surface area contributed by atoms with Crippen molar-refractivity contribution in [3.05, 3.63) is 45.9 Å². The van der Waals surface area contributed by atoms with Crippen LogP contribution in [0.3, 0.4) is 0 Å². The summed E-state index contributed by atoms with van der Waals surface area (Å²) in [6.45, 7) is 2.07. The van der Waals surface area contributed by atoms with Gasteiger partial charge in [-0.05, 0) is 34.5 Å². The second kappa shape index (κ2) is 5.89. The molecule has 96 valence electrons. The van der Waals surface area contributed by atoms with Gasteiger partial charge in [-0.1, -0.05) is 19.1 Å². The van der Waals surface area contributed by atoms with Crippen molar-refractivity contribution in [2.45, 2.75) is 24.0 Å². The molecule has 5 heteroatoms. The summed E-state index contributed by atoms with van der Waals surface area (Å²) in [5.74, 6) is 0.530. The maximum Gasteiger partial charge on any atom is 0.136 e. The molecular weight excluding hydrogens is 315 g/mol. The van der Waals surface area contributed by atoms with Crippen molar-refractivity contribution in [3.63, 3.8) is 0 Å². The van der Waals surface area contributed by atoms with Crippen molar-refractivity contribution in [2.24, 2.45) is 7.05 Å². The van der Waals surface area contributed by atoms with Crippen LogP contribution in [0.1, 0.15) is 18.3 Å². The second-order valence-corrected chi connectivity index (χ2v) is 5.71. The summed E-state index contributed by atoms with van der Waals surface area (Å²) < 4.78 is 16.4. The molecule has 0 spiro atoms.